The second-order valence-electron chi connectivity index (χ2n) is 9.60. The van der Waals surface area contributed by atoms with Gasteiger partial charge in [-0.1, -0.05) is 101 Å². The molecule has 7 heteroatoms. The van der Waals surface area contributed by atoms with Crippen molar-refractivity contribution >= 4 is 24.1 Å². The van der Waals surface area contributed by atoms with E-state index in [2.05, 4.69) is 0 Å². The fourth-order valence-corrected chi connectivity index (χ4v) is 4.25. The zero-order valence-corrected chi connectivity index (χ0v) is 21.7. The maximum absolute atomic E-state index is 12.7. The van der Waals surface area contributed by atoms with Gasteiger partial charge in [0, 0.05) is 31.5 Å². The minimum absolute atomic E-state index is 0.0239. The molecule has 1 rings (SSSR count). The van der Waals surface area contributed by atoms with E-state index in [1.54, 1.807) is 29.2 Å². The fourth-order valence-electron chi connectivity index (χ4n) is 4.25. The number of hydrogen-bond acceptors (Lipinski definition) is 4. The van der Waals surface area contributed by atoms with Crippen LogP contribution in [0.5, 0.6) is 0 Å². The Labute approximate surface area is 216 Å². The predicted molar refractivity (Wildman–Crippen MR) is 140 cm³/mol. The molecule has 36 heavy (non-hydrogen) atoms. The first kappa shape index (κ1) is 31.3. The van der Waals surface area contributed by atoms with Gasteiger partial charge in [0.15, 0.2) is 0 Å². The summed E-state index contributed by atoms with van der Waals surface area (Å²) in [5.41, 5.74) is 1.31. The summed E-state index contributed by atoms with van der Waals surface area (Å²) in [7, 11) is 0. The van der Waals surface area contributed by atoms with Gasteiger partial charge < -0.3 is 15.1 Å². The van der Waals surface area contributed by atoms with Gasteiger partial charge in [0.05, 0.1) is 6.42 Å². The first-order valence-electron chi connectivity index (χ1n) is 13.6. The van der Waals surface area contributed by atoms with Crippen molar-refractivity contribution < 1.29 is 29.4 Å². The van der Waals surface area contributed by atoms with Crippen molar-refractivity contribution in [2.45, 2.75) is 116 Å². The number of carbonyl (C=O) groups is 3. The highest BCUT2D eigenvalue weighted by atomic mass is 16.4. The number of unbranched alkanes of at least 4 members (excludes halogenated alkanes) is 13. The lowest BCUT2D eigenvalue weighted by Gasteiger charge is -2.22. The Bertz CT molecular complexity index is 762. The number of benzene rings is 1. The smallest absolute Gasteiger partial charge is 0.305 e. The first-order chi connectivity index (χ1) is 17.4. The van der Waals surface area contributed by atoms with Crippen molar-refractivity contribution in [3.8, 4) is 0 Å². The second-order valence-corrected chi connectivity index (χ2v) is 9.60. The van der Waals surface area contributed by atoms with Crippen molar-refractivity contribution in [2.24, 2.45) is 0 Å². The monoisotopic (exact) mass is 502 g/mol. The zero-order chi connectivity index (χ0) is 26.4. The van der Waals surface area contributed by atoms with Gasteiger partial charge in [-0.05, 0) is 18.4 Å². The summed E-state index contributed by atoms with van der Waals surface area (Å²) in [5.74, 6) is -1.64. The number of aliphatic carboxylic acids is 2. The maximum atomic E-state index is 12.7. The van der Waals surface area contributed by atoms with Crippen LogP contribution in [0.15, 0.2) is 24.3 Å². The average molecular weight is 503 g/mol. The van der Waals surface area contributed by atoms with E-state index in [9.17, 15) is 19.2 Å². The lowest BCUT2D eigenvalue weighted by molar-refractivity contribution is -0.139. The topological polar surface area (TPSA) is 112 Å². The van der Waals surface area contributed by atoms with Crippen LogP contribution in [0.1, 0.15) is 120 Å². The molecule has 0 aliphatic heterocycles. The molecular formula is C29H44NO6. The molecule has 0 saturated heterocycles. The van der Waals surface area contributed by atoms with Crippen LogP contribution in [0.2, 0.25) is 0 Å². The minimum atomic E-state index is -0.924. The van der Waals surface area contributed by atoms with Crippen molar-refractivity contribution in [1.29, 1.82) is 0 Å². The van der Waals surface area contributed by atoms with Gasteiger partial charge in [0.1, 0.15) is 0 Å². The van der Waals surface area contributed by atoms with Gasteiger partial charge >= 0.3 is 11.9 Å². The molecule has 0 aliphatic carbocycles. The van der Waals surface area contributed by atoms with Crippen LogP contribution in [0.4, 0.5) is 0 Å². The Balaban J connectivity index is 2.08. The van der Waals surface area contributed by atoms with Crippen LogP contribution in [-0.4, -0.2) is 45.8 Å². The first-order valence-corrected chi connectivity index (χ1v) is 13.6. The van der Waals surface area contributed by atoms with E-state index in [-0.39, 0.29) is 18.9 Å². The standard InChI is InChI=1S/C29H44NO6/c31-24-26-19-17-25(18-20-26)23-30(22-21-29(35)36)27(32)15-13-11-9-7-5-3-1-2-4-6-8-10-12-14-16-28(33)34/h17-20H,1-16,21-23H2,(H,33,34)(H,35,36). The molecule has 0 spiro atoms. The summed E-state index contributed by atoms with van der Waals surface area (Å²) in [6.45, 7) is 0.524. The number of carboxylic acids is 2. The molecule has 0 fully saturated rings. The number of amides is 1. The van der Waals surface area contributed by atoms with Crippen LogP contribution in [0.25, 0.3) is 0 Å². The van der Waals surface area contributed by atoms with E-state index >= 15 is 0 Å². The Morgan fingerprint density at radius 2 is 1.03 bits per heavy atom. The molecule has 0 aromatic heterocycles. The zero-order valence-electron chi connectivity index (χ0n) is 21.7. The van der Waals surface area contributed by atoms with Crippen LogP contribution in [0, 0.1) is 0 Å². The van der Waals surface area contributed by atoms with Crippen LogP contribution in [-0.2, 0) is 25.7 Å². The number of hydrogen-bond donors (Lipinski definition) is 2. The molecule has 1 radical (unpaired) electrons. The predicted octanol–water partition coefficient (Wildman–Crippen LogP) is 6.27. The molecule has 0 aliphatic rings. The third-order valence-corrected chi connectivity index (χ3v) is 6.42. The van der Waals surface area contributed by atoms with E-state index in [1.165, 1.54) is 51.4 Å². The maximum Gasteiger partial charge on any atom is 0.305 e. The van der Waals surface area contributed by atoms with Gasteiger partial charge in [-0.3, -0.25) is 19.2 Å². The second kappa shape index (κ2) is 20.5. The number of carboxylic acid groups (broad SMARTS) is 2. The fraction of sp³-hybridized carbons (Fsp3) is 0.655. The normalized spacial score (nSPS) is 10.8. The highest BCUT2D eigenvalue weighted by Crippen LogP contribution is 2.15. The Hall–Kier alpha value is -2.70. The van der Waals surface area contributed by atoms with Gasteiger partial charge in [0.2, 0.25) is 12.2 Å². The number of nitrogens with zero attached hydrogens (tertiary/aromatic N) is 1. The van der Waals surface area contributed by atoms with Gasteiger partial charge in [-0.2, -0.15) is 0 Å². The van der Waals surface area contributed by atoms with E-state index in [0.717, 1.165) is 44.1 Å². The van der Waals surface area contributed by atoms with Gasteiger partial charge in [-0.25, -0.2) is 0 Å². The molecular weight excluding hydrogens is 458 g/mol. The highest BCUT2D eigenvalue weighted by Gasteiger charge is 2.15. The number of carbonyl (C=O) groups excluding carboxylic acids is 2. The molecule has 7 nitrogen and oxygen atoms in total. The third-order valence-electron chi connectivity index (χ3n) is 6.42. The van der Waals surface area contributed by atoms with Gasteiger partial charge in [0.25, 0.3) is 0 Å². The molecule has 0 atom stereocenters. The third kappa shape index (κ3) is 16.8. The van der Waals surface area contributed by atoms with Crippen LogP contribution in [0.3, 0.4) is 0 Å². The summed E-state index contributed by atoms with van der Waals surface area (Å²) in [6, 6.07) is 6.84. The largest absolute Gasteiger partial charge is 0.481 e. The van der Waals surface area contributed by atoms with E-state index in [4.69, 9.17) is 10.2 Å². The van der Waals surface area contributed by atoms with Crippen molar-refractivity contribution in [2.75, 3.05) is 6.54 Å². The SMILES string of the molecule is O=[C]c1ccc(CN(CCC(=O)O)C(=O)CCCCCCCCCCCCCCCCC(=O)O)cc1. The molecule has 0 bridgehead atoms. The van der Waals surface area contributed by atoms with Crippen molar-refractivity contribution in [3.05, 3.63) is 35.4 Å². The molecule has 1 aromatic carbocycles. The minimum Gasteiger partial charge on any atom is -0.481 e. The lowest BCUT2D eigenvalue weighted by Crippen LogP contribution is -2.32. The average Bonchev–Trinajstić information content (AvgIpc) is 2.86. The molecule has 2 N–H and O–H groups in total. The molecule has 0 saturated carbocycles. The van der Waals surface area contributed by atoms with Crippen LogP contribution < -0.4 is 0 Å². The molecule has 1 amide bonds. The highest BCUT2D eigenvalue weighted by molar-refractivity contribution is 5.77. The van der Waals surface area contributed by atoms with Gasteiger partial charge in [-0.15, -0.1) is 0 Å². The van der Waals surface area contributed by atoms with E-state index in [1.807, 2.05) is 6.29 Å². The summed E-state index contributed by atoms with van der Waals surface area (Å²) >= 11 is 0. The van der Waals surface area contributed by atoms with Crippen LogP contribution >= 0.6 is 0 Å². The summed E-state index contributed by atoms with van der Waals surface area (Å²) in [4.78, 5) is 46.4. The van der Waals surface area contributed by atoms with Crippen molar-refractivity contribution in [3.63, 3.8) is 0 Å². The lowest BCUT2D eigenvalue weighted by atomic mass is 10.0. The Morgan fingerprint density at radius 1 is 0.611 bits per heavy atom. The van der Waals surface area contributed by atoms with Crippen molar-refractivity contribution in [1.82, 2.24) is 4.90 Å². The Kier molecular flexibility index (Phi) is 17.8. The van der Waals surface area contributed by atoms with E-state index in [0.29, 0.717) is 24.9 Å². The number of rotatable bonds is 23. The molecule has 1 aromatic rings. The van der Waals surface area contributed by atoms with E-state index < -0.39 is 11.9 Å². The molecule has 201 valence electrons. The quantitative estimate of drug-likeness (QED) is 0.170. The summed E-state index contributed by atoms with van der Waals surface area (Å²) in [6.07, 6.45) is 18.2. The molecule has 0 heterocycles. The summed E-state index contributed by atoms with van der Waals surface area (Å²) in [5, 5.41) is 17.6. The Morgan fingerprint density at radius 3 is 1.44 bits per heavy atom. The summed E-state index contributed by atoms with van der Waals surface area (Å²) < 4.78 is 0. The molecule has 0 unspecified atom stereocenters.